The number of ether oxygens (including phenoxy) is 2. The second kappa shape index (κ2) is 12.1. The largest absolute Gasteiger partial charge is 0.414 e. The first-order valence-electron chi connectivity index (χ1n) is 14.3. The van der Waals surface area contributed by atoms with Crippen LogP contribution in [-0.2, 0) is 27.2 Å². The van der Waals surface area contributed by atoms with Gasteiger partial charge in [0.15, 0.2) is 17.7 Å². The van der Waals surface area contributed by atoms with Crippen LogP contribution in [0.1, 0.15) is 68.0 Å². The lowest BCUT2D eigenvalue weighted by Crippen LogP contribution is -2.66. The number of carbonyl (C=O) groups is 1. The summed E-state index contributed by atoms with van der Waals surface area (Å²) in [5, 5.41) is 2.65. The molecule has 2 aromatic heterocycles. The molecule has 4 heterocycles. The smallest absolute Gasteiger partial charge is 0.335 e. The van der Waals surface area contributed by atoms with Gasteiger partial charge in [0.05, 0.1) is 19.5 Å². The Morgan fingerprint density at radius 1 is 1.07 bits per heavy atom. The van der Waals surface area contributed by atoms with Crippen LogP contribution in [0.15, 0.2) is 12.7 Å². The van der Waals surface area contributed by atoms with Crippen LogP contribution in [0.2, 0.25) is 22.2 Å². The molecule has 0 spiro atoms. The number of rotatable bonds is 9. The molecule has 0 saturated carbocycles. The second-order valence-electron chi connectivity index (χ2n) is 12.0. The molecular weight excluding hydrogens is 548 g/mol. The molecule has 1 unspecified atom stereocenters. The predicted molar refractivity (Wildman–Crippen MR) is 156 cm³/mol. The average molecular weight is 595 g/mol. The molecule has 1 amide bonds. The van der Waals surface area contributed by atoms with Gasteiger partial charge in [-0.2, -0.15) is 0 Å². The summed E-state index contributed by atoms with van der Waals surface area (Å²) in [7, 11) is -4.06. The van der Waals surface area contributed by atoms with Gasteiger partial charge < -0.3 is 33.5 Å². The summed E-state index contributed by atoms with van der Waals surface area (Å²) in [4.78, 5) is 25.0. The third kappa shape index (κ3) is 5.46. The highest BCUT2D eigenvalue weighted by Crippen LogP contribution is 2.49. The summed E-state index contributed by atoms with van der Waals surface area (Å²) >= 11 is 0. The highest BCUT2D eigenvalue weighted by atomic mass is 28.5. The van der Waals surface area contributed by atoms with E-state index in [1.54, 1.807) is 13.4 Å². The number of fused-ring (bicyclic) bond motifs is 2. The molecule has 2 aliphatic rings. The minimum Gasteiger partial charge on any atom is -0.414 e. The lowest BCUT2D eigenvalue weighted by Gasteiger charge is -2.51. The Balaban J connectivity index is 1.81. The number of nitrogen functional groups attached to an aromatic ring is 1. The summed E-state index contributed by atoms with van der Waals surface area (Å²) in [6.07, 6.45) is 1.12. The summed E-state index contributed by atoms with van der Waals surface area (Å²) in [5.74, 6) is 0.178. The van der Waals surface area contributed by atoms with Crippen molar-refractivity contribution in [2.75, 3.05) is 26.0 Å². The minimum absolute atomic E-state index is 0.108. The minimum atomic E-state index is -2.93. The number of amides is 1. The fourth-order valence-corrected chi connectivity index (χ4v) is 17.2. The predicted octanol–water partition coefficient (Wildman–Crippen LogP) is 3.78. The van der Waals surface area contributed by atoms with Crippen molar-refractivity contribution >= 4 is 40.0 Å². The van der Waals surface area contributed by atoms with Crippen LogP contribution in [0.25, 0.3) is 11.2 Å². The molecule has 14 heteroatoms. The Kier molecular flexibility index (Phi) is 9.39. The van der Waals surface area contributed by atoms with Crippen LogP contribution in [0, 0.1) is 0 Å². The monoisotopic (exact) mass is 594 g/mol. The van der Waals surface area contributed by atoms with Crippen LogP contribution in [0.4, 0.5) is 5.82 Å². The van der Waals surface area contributed by atoms with Crippen molar-refractivity contribution in [2.24, 2.45) is 0 Å². The zero-order valence-corrected chi connectivity index (χ0v) is 27.2. The molecule has 4 atom stereocenters. The number of aromatic nitrogens is 4. The molecule has 3 N–H and O–H groups in total. The Morgan fingerprint density at radius 2 is 1.73 bits per heavy atom. The molecule has 224 valence electrons. The second-order valence-corrected chi connectivity index (χ2v) is 20.8. The van der Waals surface area contributed by atoms with Gasteiger partial charge in [0.1, 0.15) is 30.2 Å². The number of imidazole rings is 1. The van der Waals surface area contributed by atoms with Crippen LogP contribution < -0.4 is 11.1 Å². The van der Waals surface area contributed by atoms with Gasteiger partial charge >= 0.3 is 17.1 Å². The number of hydrogen-bond acceptors (Lipinski definition) is 10. The van der Waals surface area contributed by atoms with Gasteiger partial charge in [-0.05, 0) is 22.2 Å². The maximum absolute atomic E-state index is 12.0. The van der Waals surface area contributed by atoms with Crippen molar-refractivity contribution < 1.29 is 27.2 Å². The molecule has 0 bridgehead atoms. The molecule has 0 aliphatic carbocycles. The fraction of sp³-hybridized carbons (Fsp3) is 0.769. The summed E-state index contributed by atoms with van der Waals surface area (Å²) in [6.45, 7) is 18.0. The Hall–Kier alpha value is -1.95. The number of anilines is 1. The van der Waals surface area contributed by atoms with Crippen molar-refractivity contribution in [1.29, 1.82) is 0 Å². The Labute approximate surface area is 239 Å². The van der Waals surface area contributed by atoms with Gasteiger partial charge in [-0.3, -0.25) is 9.36 Å². The van der Waals surface area contributed by atoms with Gasteiger partial charge in [-0.1, -0.05) is 55.4 Å². The maximum Gasteiger partial charge on any atom is 0.335 e. The molecule has 40 heavy (non-hydrogen) atoms. The number of nitrogens with two attached hydrogens (primary N) is 1. The van der Waals surface area contributed by atoms with E-state index in [2.05, 4.69) is 75.7 Å². The first kappa shape index (κ1) is 31.0. The van der Waals surface area contributed by atoms with Gasteiger partial charge in [0, 0.05) is 13.5 Å². The van der Waals surface area contributed by atoms with Gasteiger partial charge in [0.2, 0.25) is 5.91 Å². The number of hydrogen-bond donors (Lipinski definition) is 2. The van der Waals surface area contributed by atoms with E-state index in [1.807, 2.05) is 4.57 Å². The van der Waals surface area contributed by atoms with E-state index in [1.165, 1.54) is 6.33 Å². The van der Waals surface area contributed by atoms with E-state index >= 15 is 0 Å². The molecular formula is C26H46N6O6Si2. The van der Waals surface area contributed by atoms with Crippen LogP contribution in [-0.4, -0.2) is 81.1 Å². The Morgan fingerprint density at radius 3 is 2.33 bits per heavy atom. The van der Waals surface area contributed by atoms with Crippen molar-refractivity contribution in [1.82, 2.24) is 24.8 Å². The fourth-order valence-electron chi connectivity index (χ4n) is 5.99. The molecule has 12 nitrogen and oxygen atoms in total. The van der Waals surface area contributed by atoms with Crippen molar-refractivity contribution in [2.45, 2.75) is 109 Å². The third-order valence-corrected chi connectivity index (χ3v) is 18.4. The maximum atomic E-state index is 12.0. The van der Waals surface area contributed by atoms with Crippen LogP contribution in [0.5, 0.6) is 0 Å². The topological polar surface area (TPSA) is 145 Å². The van der Waals surface area contributed by atoms with Crippen molar-refractivity contribution in [3.05, 3.63) is 12.7 Å². The average Bonchev–Trinajstić information content (AvgIpc) is 3.45. The van der Waals surface area contributed by atoms with E-state index in [-0.39, 0.29) is 46.9 Å². The van der Waals surface area contributed by atoms with Crippen LogP contribution in [0.3, 0.4) is 0 Å². The van der Waals surface area contributed by atoms with Gasteiger partial charge in [-0.15, -0.1) is 0 Å². The zero-order chi connectivity index (χ0) is 29.4. The molecule has 4 rings (SSSR count). The number of nitrogens with one attached hydrogen (secondary N) is 1. The van der Waals surface area contributed by atoms with E-state index < -0.39 is 41.7 Å². The molecule has 2 aliphatic heterocycles. The SMILES string of the molecule is CNC(=O)CCOC1[C@H]2O[Si](C(C)C)(C(C)C)O[Si](C(C)C)(C(C)C)OC[C@@H]2O[C@H]1n1cnc2c(N)ncnc21. The summed E-state index contributed by atoms with van der Waals surface area (Å²) in [5.41, 5.74) is 7.82. The summed E-state index contributed by atoms with van der Waals surface area (Å²) in [6, 6.07) is 0. The molecule has 0 aromatic carbocycles. The highest BCUT2D eigenvalue weighted by Gasteiger charge is 2.62. The van der Waals surface area contributed by atoms with E-state index in [0.717, 1.165) is 0 Å². The quantitative estimate of drug-likeness (QED) is 0.411. The molecule has 2 fully saturated rings. The third-order valence-electron chi connectivity index (χ3n) is 8.20. The van der Waals surface area contributed by atoms with Crippen molar-refractivity contribution in [3.8, 4) is 0 Å². The van der Waals surface area contributed by atoms with Gasteiger partial charge in [-0.25, -0.2) is 15.0 Å². The highest BCUT2D eigenvalue weighted by molar-refractivity contribution is 6.84. The first-order chi connectivity index (χ1) is 18.9. The van der Waals surface area contributed by atoms with E-state index in [9.17, 15) is 4.79 Å². The molecule has 0 radical (unpaired) electrons. The lowest BCUT2D eigenvalue weighted by atomic mass is 10.1. The van der Waals surface area contributed by atoms with Gasteiger partial charge in [0.25, 0.3) is 0 Å². The van der Waals surface area contributed by atoms with Crippen LogP contribution >= 0.6 is 0 Å². The lowest BCUT2D eigenvalue weighted by molar-refractivity contribution is -0.123. The number of nitrogens with zero attached hydrogens (tertiary/aromatic N) is 4. The normalized spacial score (nSPS) is 26.4. The number of carbonyl (C=O) groups excluding carboxylic acids is 1. The standard InChI is InChI=1S/C26H46N6O6Si2/c1-15(2)39(16(3)4)35-12-19-22(37-40(38-39,17(5)6)18(7)8)23(34-11-10-20(33)28-9)26(36-19)32-14-31-21-24(27)29-13-30-25(21)32/h13-19,22-23,26H,10-12H2,1-9H3,(H,28,33)(H2,27,29,30)/t19-,22-,23?,26+/m0/s1. The van der Waals surface area contributed by atoms with E-state index in [4.69, 9.17) is 28.2 Å². The molecule has 2 saturated heterocycles. The first-order valence-corrected chi connectivity index (χ1v) is 18.2. The Bertz CT molecular complexity index is 1160. The molecule has 2 aromatic rings. The van der Waals surface area contributed by atoms with E-state index in [0.29, 0.717) is 17.8 Å². The summed E-state index contributed by atoms with van der Waals surface area (Å²) < 4.78 is 36.5. The van der Waals surface area contributed by atoms with Crippen molar-refractivity contribution in [3.63, 3.8) is 0 Å². The zero-order valence-electron chi connectivity index (χ0n) is 25.2.